The number of nitriles is 1. The maximum Gasteiger partial charge on any atom is 0.420 e. The summed E-state index contributed by atoms with van der Waals surface area (Å²) in [5.74, 6) is -0.270. The van der Waals surface area contributed by atoms with E-state index >= 15 is 0 Å². The van der Waals surface area contributed by atoms with Crippen molar-refractivity contribution in [1.82, 2.24) is 20.2 Å². The van der Waals surface area contributed by atoms with Gasteiger partial charge >= 0.3 is 12.3 Å². The van der Waals surface area contributed by atoms with Crippen LogP contribution in [0.3, 0.4) is 0 Å². The maximum absolute atomic E-state index is 14.6. The first kappa shape index (κ1) is 35.8. The van der Waals surface area contributed by atoms with Crippen molar-refractivity contribution in [2.45, 2.75) is 91.2 Å². The topological polar surface area (TPSA) is 122 Å². The number of carbonyl (C=O) groups is 2. The summed E-state index contributed by atoms with van der Waals surface area (Å²) in [4.78, 5) is 30.7. The fraction of sp³-hybridized carbons (Fsp3) is 0.471. The smallest absolute Gasteiger partial charge is 0.420 e. The van der Waals surface area contributed by atoms with Crippen LogP contribution in [0.25, 0.3) is 33.2 Å². The lowest BCUT2D eigenvalue weighted by Crippen LogP contribution is -2.51. The lowest BCUT2D eigenvalue weighted by atomic mass is 9.98. The van der Waals surface area contributed by atoms with Crippen LogP contribution in [-0.2, 0) is 9.53 Å². The molecule has 3 atom stereocenters. The van der Waals surface area contributed by atoms with Crippen molar-refractivity contribution >= 4 is 45.5 Å². The van der Waals surface area contributed by atoms with Gasteiger partial charge in [0, 0.05) is 22.2 Å². The largest absolute Gasteiger partial charge is 0.456 e. The molecule has 0 saturated carbocycles. The molecule has 1 unspecified atom stereocenters. The standard InChI is InChI=1S/C34H39ClF3N5O4/c1-18(2)14-26(31(44)41-23(17-39)12-13-35)42-30(34(36,37)38)22-8-10-24-25-15-21(9-11-27(25)46-28(24)16-22)29-19(3)40-20(4)43(29)32(45)47-33(5,6)7/h8-11,15-16,18,23,26,30,42H,12-14H2,1-7H3,(H,41,44)/t23?,26-,30-/m0/s1. The lowest BCUT2D eigenvalue weighted by Gasteiger charge is -2.29. The van der Waals surface area contributed by atoms with Crippen LogP contribution in [0.4, 0.5) is 18.0 Å². The van der Waals surface area contributed by atoms with E-state index in [9.17, 15) is 28.0 Å². The second kappa shape index (κ2) is 14.0. The highest BCUT2D eigenvalue weighted by molar-refractivity contribution is 6.17. The number of furan rings is 1. The van der Waals surface area contributed by atoms with Crippen molar-refractivity contribution in [2.24, 2.45) is 5.92 Å². The molecule has 0 fully saturated rings. The van der Waals surface area contributed by atoms with Crippen LogP contribution in [0.2, 0.25) is 0 Å². The number of rotatable bonds is 10. The number of fused-ring (bicyclic) bond motifs is 3. The number of aryl methyl sites for hydroxylation is 2. The Morgan fingerprint density at radius 1 is 1.09 bits per heavy atom. The summed E-state index contributed by atoms with van der Waals surface area (Å²) in [5, 5.41) is 15.6. The van der Waals surface area contributed by atoms with E-state index in [1.165, 1.54) is 16.7 Å². The average molecular weight is 674 g/mol. The van der Waals surface area contributed by atoms with Gasteiger partial charge in [0.25, 0.3) is 0 Å². The van der Waals surface area contributed by atoms with Crippen molar-refractivity contribution in [2.75, 3.05) is 5.88 Å². The minimum atomic E-state index is -4.76. The van der Waals surface area contributed by atoms with Gasteiger partial charge in [-0.1, -0.05) is 26.0 Å². The molecule has 2 aromatic heterocycles. The minimum Gasteiger partial charge on any atom is -0.456 e. The molecule has 2 N–H and O–H groups in total. The number of nitrogens with zero attached hydrogens (tertiary/aromatic N) is 3. The molecular formula is C34H39ClF3N5O4. The number of aromatic nitrogens is 2. The van der Waals surface area contributed by atoms with E-state index in [0.29, 0.717) is 39.1 Å². The van der Waals surface area contributed by atoms with E-state index in [2.05, 4.69) is 15.6 Å². The summed E-state index contributed by atoms with van der Waals surface area (Å²) in [6, 6.07) is 7.03. The Hall–Kier alpha value is -4.08. The van der Waals surface area contributed by atoms with E-state index in [1.807, 2.05) is 6.07 Å². The number of benzene rings is 2. The number of hydrogen-bond donors (Lipinski definition) is 2. The lowest BCUT2D eigenvalue weighted by molar-refractivity contribution is -0.161. The zero-order valence-electron chi connectivity index (χ0n) is 27.4. The Labute approximate surface area is 276 Å². The Morgan fingerprint density at radius 2 is 1.79 bits per heavy atom. The van der Waals surface area contributed by atoms with Crippen molar-refractivity contribution in [3.8, 4) is 17.3 Å². The van der Waals surface area contributed by atoms with Crippen molar-refractivity contribution in [3.63, 3.8) is 0 Å². The van der Waals surface area contributed by atoms with Gasteiger partial charge in [-0.25, -0.2) is 14.3 Å². The van der Waals surface area contributed by atoms with Crippen LogP contribution in [0, 0.1) is 31.1 Å². The molecular weight excluding hydrogens is 635 g/mol. The number of imidazole rings is 1. The molecule has 4 rings (SSSR count). The molecule has 47 heavy (non-hydrogen) atoms. The molecule has 0 spiro atoms. The highest BCUT2D eigenvalue weighted by Gasteiger charge is 2.43. The van der Waals surface area contributed by atoms with E-state index in [1.54, 1.807) is 72.7 Å². The molecule has 0 aliphatic heterocycles. The highest BCUT2D eigenvalue weighted by Crippen LogP contribution is 2.38. The van der Waals surface area contributed by atoms with Gasteiger partial charge in [0.05, 0.1) is 23.5 Å². The molecule has 1 amide bonds. The summed E-state index contributed by atoms with van der Waals surface area (Å²) < 4.78 is 56.7. The van der Waals surface area contributed by atoms with E-state index in [-0.39, 0.29) is 35.8 Å². The Kier molecular flexibility index (Phi) is 10.6. The second-order valence-electron chi connectivity index (χ2n) is 13.0. The van der Waals surface area contributed by atoms with Crippen LogP contribution < -0.4 is 10.6 Å². The summed E-state index contributed by atoms with van der Waals surface area (Å²) in [6.07, 6.45) is -5.08. The van der Waals surface area contributed by atoms with Crippen molar-refractivity contribution in [3.05, 3.63) is 53.5 Å². The number of hydrogen-bond acceptors (Lipinski definition) is 7. The van der Waals surface area contributed by atoms with Crippen molar-refractivity contribution in [1.29, 1.82) is 5.26 Å². The molecule has 13 heteroatoms. The Morgan fingerprint density at radius 3 is 2.38 bits per heavy atom. The zero-order valence-corrected chi connectivity index (χ0v) is 28.1. The molecule has 0 aliphatic rings. The van der Waals surface area contributed by atoms with Crippen molar-refractivity contribution < 1.29 is 31.9 Å². The van der Waals surface area contributed by atoms with Crippen LogP contribution in [-0.4, -0.2) is 51.3 Å². The van der Waals surface area contributed by atoms with Gasteiger partial charge in [0.1, 0.15) is 34.7 Å². The third kappa shape index (κ3) is 8.26. The quantitative estimate of drug-likeness (QED) is 0.163. The van der Waals surface area contributed by atoms with Crippen LogP contribution in [0.5, 0.6) is 0 Å². The highest BCUT2D eigenvalue weighted by atomic mass is 35.5. The molecule has 2 heterocycles. The molecule has 9 nitrogen and oxygen atoms in total. The van der Waals surface area contributed by atoms with Gasteiger partial charge in [0.2, 0.25) is 5.91 Å². The zero-order chi connectivity index (χ0) is 34.8. The fourth-order valence-electron chi connectivity index (χ4n) is 5.51. The maximum atomic E-state index is 14.6. The summed E-state index contributed by atoms with van der Waals surface area (Å²) in [7, 11) is 0. The summed E-state index contributed by atoms with van der Waals surface area (Å²) in [6.45, 7) is 12.4. The van der Waals surface area contributed by atoms with Crippen LogP contribution in [0.1, 0.15) is 70.6 Å². The van der Waals surface area contributed by atoms with Crippen LogP contribution >= 0.6 is 11.6 Å². The number of amides is 1. The third-order valence-electron chi connectivity index (χ3n) is 7.49. The van der Waals surface area contributed by atoms with E-state index in [4.69, 9.17) is 20.8 Å². The number of halogens is 4. The number of nitrogens with one attached hydrogen (secondary N) is 2. The first-order chi connectivity index (χ1) is 21.9. The molecule has 4 aromatic rings. The Balaban J connectivity index is 1.73. The van der Waals surface area contributed by atoms with Gasteiger partial charge in [-0.2, -0.15) is 18.4 Å². The molecule has 0 bridgehead atoms. The normalized spacial score (nSPS) is 14.3. The Bertz CT molecular complexity index is 1820. The number of ether oxygens (including phenoxy) is 1. The summed E-state index contributed by atoms with van der Waals surface area (Å²) >= 11 is 5.71. The van der Waals surface area contributed by atoms with Gasteiger partial charge in [-0.3, -0.25) is 10.1 Å². The van der Waals surface area contributed by atoms with Gasteiger partial charge in [-0.15, -0.1) is 11.6 Å². The first-order valence-corrected chi connectivity index (χ1v) is 15.8. The van der Waals surface area contributed by atoms with Gasteiger partial charge in [0.15, 0.2) is 0 Å². The van der Waals surface area contributed by atoms with Gasteiger partial charge < -0.3 is 14.5 Å². The predicted octanol–water partition coefficient (Wildman–Crippen LogP) is 8.09. The molecule has 252 valence electrons. The monoisotopic (exact) mass is 673 g/mol. The molecule has 0 radical (unpaired) electrons. The van der Waals surface area contributed by atoms with E-state index in [0.717, 1.165) is 0 Å². The number of alkyl halides is 4. The molecule has 0 saturated heterocycles. The SMILES string of the molecule is Cc1nc(C)n(C(=O)OC(C)(C)C)c1-c1ccc2oc3cc([C@H](N[C@@H](CC(C)C)C(=O)NC(C#N)CCCl)C(F)(F)F)ccc3c2c1. The average Bonchev–Trinajstić information content (AvgIpc) is 3.47. The van der Waals surface area contributed by atoms with E-state index < -0.39 is 41.9 Å². The minimum absolute atomic E-state index is 0.103. The first-order valence-electron chi connectivity index (χ1n) is 15.3. The van der Waals surface area contributed by atoms with Gasteiger partial charge in [-0.05, 0) is 83.2 Å². The van der Waals surface area contributed by atoms with Crippen LogP contribution in [0.15, 0.2) is 40.8 Å². The number of carbonyl (C=O) groups excluding carboxylic acids is 2. The molecule has 0 aliphatic carbocycles. The fourth-order valence-corrected chi connectivity index (χ4v) is 5.73. The predicted molar refractivity (Wildman–Crippen MR) is 174 cm³/mol. The third-order valence-corrected chi connectivity index (χ3v) is 7.70. The molecule has 2 aromatic carbocycles. The summed E-state index contributed by atoms with van der Waals surface area (Å²) in [5.41, 5.74) is 1.57. The second-order valence-corrected chi connectivity index (χ2v) is 13.3.